The highest BCUT2D eigenvalue weighted by atomic mass is 35.5. The average molecular weight is 269 g/mol. The molecule has 82 valence electrons. The van der Waals surface area contributed by atoms with Crippen molar-refractivity contribution in [3.63, 3.8) is 0 Å². The van der Waals surface area contributed by atoms with E-state index < -0.39 is 15.0 Å². The third-order valence-corrected chi connectivity index (χ3v) is 2.69. The van der Waals surface area contributed by atoms with Gasteiger partial charge in [0.1, 0.15) is 0 Å². The topological polar surface area (TPSA) is 82.5 Å². The second-order valence-corrected chi connectivity index (χ2v) is 4.47. The van der Waals surface area contributed by atoms with Crippen LogP contribution in [-0.4, -0.2) is 13.0 Å². The molecule has 0 heterocycles. The third kappa shape index (κ3) is 3.04. The fourth-order valence-electron chi connectivity index (χ4n) is 1.03. The molecule has 0 aromatic heterocycles. The minimum absolute atomic E-state index is 0. The first-order chi connectivity index (χ1) is 6.36. The van der Waals surface area contributed by atoms with Crippen LogP contribution in [-0.2, 0) is 10.1 Å². The molecule has 0 aliphatic heterocycles. The molecule has 0 saturated heterocycles. The van der Waals surface area contributed by atoms with Gasteiger partial charge in [-0.05, 0) is 19.1 Å². The monoisotopic (exact) mass is 268 g/mol. The summed E-state index contributed by atoms with van der Waals surface area (Å²) in [5.74, 6) is 0. The van der Waals surface area contributed by atoms with Gasteiger partial charge in [-0.1, -0.05) is 11.6 Å². The van der Waals surface area contributed by atoms with Crippen molar-refractivity contribution >= 4 is 27.4 Å². The number of nitrogens with zero attached hydrogens (tertiary/aromatic N) is 2. The summed E-state index contributed by atoms with van der Waals surface area (Å²) in [6.45, 7) is 1.51. The Morgan fingerprint density at radius 3 is 2.40 bits per heavy atom. The summed E-state index contributed by atoms with van der Waals surface area (Å²) in [5.41, 5.74) is 0.143. The lowest BCUT2D eigenvalue weighted by Gasteiger charge is -1.96. The van der Waals surface area contributed by atoms with Gasteiger partial charge < -0.3 is 12.4 Å². The van der Waals surface area contributed by atoms with Crippen molar-refractivity contribution in [1.29, 1.82) is 5.39 Å². The van der Waals surface area contributed by atoms with E-state index in [4.69, 9.17) is 21.5 Å². The van der Waals surface area contributed by atoms with E-state index in [1.165, 1.54) is 13.0 Å². The normalized spacial score (nSPS) is 10.3. The van der Waals surface area contributed by atoms with Crippen molar-refractivity contribution < 1.29 is 25.4 Å². The molecular formula is C7H6Cl2N2O3S. The Bertz CT molecular complexity index is 522. The van der Waals surface area contributed by atoms with Gasteiger partial charge in [0, 0.05) is 10.6 Å². The van der Waals surface area contributed by atoms with Crippen molar-refractivity contribution in [3.05, 3.63) is 27.7 Å². The summed E-state index contributed by atoms with van der Waals surface area (Å²) in [6, 6.07) is 2.43. The molecule has 15 heavy (non-hydrogen) atoms. The highest BCUT2D eigenvalue weighted by molar-refractivity contribution is 7.86. The zero-order valence-electron chi connectivity index (χ0n) is 7.48. The Kier molecular flexibility index (Phi) is 4.49. The average Bonchev–Trinajstić information content (AvgIpc) is 2.01. The zero-order valence-corrected chi connectivity index (χ0v) is 9.81. The Morgan fingerprint density at radius 2 is 2.00 bits per heavy atom. The fraction of sp³-hybridized carbons (Fsp3) is 0.143. The summed E-state index contributed by atoms with van der Waals surface area (Å²) < 4.78 is 30.5. The van der Waals surface area contributed by atoms with Crippen LogP contribution in [0.1, 0.15) is 5.56 Å². The molecule has 0 unspecified atom stereocenters. The van der Waals surface area contributed by atoms with Gasteiger partial charge in [0.15, 0.2) is 9.87 Å². The highest BCUT2D eigenvalue weighted by Gasteiger charge is 2.27. The number of diazo groups is 1. The molecule has 8 heteroatoms. The molecule has 1 rings (SSSR count). The Balaban J connectivity index is 0.00000196. The largest absolute Gasteiger partial charge is 1.00 e. The number of aryl methyl sites for hydroxylation is 1. The molecule has 5 nitrogen and oxygen atoms in total. The summed E-state index contributed by atoms with van der Waals surface area (Å²) in [6.07, 6.45) is 0. The SMILES string of the molecule is Cc1cc(Cl)cc(S(=O)(=O)O)c1[N+]#N.[Cl-]. The van der Waals surface area contributed by atoms with Gasteiger partial charge in [0.05, 0.1) is 0 Å². The van der Waals surface area contributed by atoms with E-state index in [9.17, 15) is 8.42 Å². The van der Waals surface area contributed by atoms with Gasteiger partial charge in [-0.3, -0.25) is 4.55 Å². The smallest absolute Gasteiger partial charge is 0.408 e. The Morgan fingerprint density at radius 1 is 1.47 bits per heavy atom. The molecule has 1 aromatic rings. The molecule has 0 atom stereocenters. The van der Waals surface area contributed by atoms with Crippen LogP contribution in [0.2, 0.25) is 5.02 Å². The van der Waals surface area contributed by atoms with Crippen LogP contribution in [0.4, 0.5) is 5.69 Å². The van der Waals surface area contributed by atoms with Crippen molar-refractivity contribution in [3.8, 4) is 0 Å². The van der Waals surface area contributed by atoms with Gasteiger partial charge in [0.25, 0.3) is 0 Å². The van der Waals surface area contributed by atoms with Gasteiger partial charge in [-0.25, -0.2) is 0 Å². The zero-order chi connectivity index (χ0) is 10.9. The molecule has 0 fully saturated rings. The van der Waals surface area contributed by atoms with Gasteiger partial charge >= 0.3 is 15.8 Å². The van der Waals surface area contributed by atoms with Crippen molar-refractivity contribution in [2.45, 2.75) is 11.8 Å². The number of benzene rings is 1. The van der Waals surface area contributed by atoms with Gasteiger partial charge in [-0.15, -0.1) is 0 Å². The molecule has 1 N–H and O–H groups in total. The van der Waals surface area contributed by atoms with Crippen LogP contribution in [0, 0.1) is 12.3 Å². The number of rotatable bonds is 1. The minimum Gasteiger partial charge on any atom is -1.00 e. The maximum atomic E-state index is 10.8. The van der Waals surface area contributed by atoms with E-state index in [-0.39, 0.29) is 23.1 Å². The predicted octanol–water partition coefficient (Wildman–Crippen LogP) is -0.616. The molecule has 0 aliphatic carbocycles. The highest BCUT2D eigenvalue weighted by Crippen LogP contribution is 2.31. The van der Waals surface area contributed by atoms with E-state index in [0.29, 0.717) is 5.56 Å². The molecule has 0 saturated carbocycles. The van der Waals surface area contributed by atoms with E-state index in [0.717, 1.165) is 6.07 Å². The minimum atomic E-state index is -4.43. The van der Waals surface area contributed by atoms with Crippen molar-refractivity contribution in [2.75, 3.05) is 0 Å². The molecule has 0 spiro atoms. The van der Waals surface area contributed by atoms with Crippen LogP contribution >= 0.6 is 11.6 Å². The molecule has 1 aromatic carbocycles. The second kappa shape index (κ2) is 4.77. The molecular weight excluding hydrogens is 263 g/mol. The maximum absolute atomic E-state index is 10.8. The van der Waals surface area contributed by atoms with E-state index in [1.54, 1.807) is 0 Å². The quantitative estimate of drug-likeness (QED) is 0.544. The summed E-state index contributed by atoms with van der Waals surface area (Å²) in [4.78, 5) is 2.27. The lowest BCUT2D eigenvalue weighted by molar-refractivity contribution is -0.00000723. The first-order valence-electron chi connectivity index (χ1n) is 3.49. The number of halogens is 2. The number of hydrogen-bond acceptors (Lipinski definition) is 3. The molecule has 0 bridgehead atoms. The molecule has 0 aliphatic rings. The van der Waals surface area contributed by atoms with Crippen LogP contribution in [0.15, 0.2) is 17.0 Å². The lowest BCUT2D eigenvalue weighted by Crippen LogP contribution is -3.00. The molecule has 0 amide bonds. The first-order valence-corrected chi connectivity index (χ1v) is 5.31. The standard InChI is InChI=1S/C7H5ClN2O3S.ClH/c1-4-2-5(8)3-6(7(4)10-9)14(11,12)13;/h2-3H,1H3;1H. The second-order valence-electron chi connectivity index (χ2n) is 2.64. The van der Waals surface area contributed by atoms with Crippen molar-refractivity contribution in [2.24, 2.45) is 0 Å². The summed E-state index contributed by atoms with van der Waals surface area (Å²) >= 11 is 5.59. The van der Waals surface area contributed by atoms with E-state index in [2.05, 4.69) is 4.98 Å². The van der Waals surface area contributed by atoms with Crippen LogP contribution < -0.4 is 12.4 Å². The summed E-state index contributed by atoms with van der Waals surface area (Å²) in [7, 11) is -4.43. The Labute approximate surface area is 97.8 Å². The van der Waals surface area contributed by atoms with Gasteiger partial charge in [0.2, 0.25) is 5.39 Å². The van der Waals surface area contributed by atoms with Crippen LogP contribution in [0.5, 0.6) is 0 Å². The van der Waals surface area contributed by atoms with Gasteiger partial charge in [-0.2, -0.15) is 8.42 Å². The van der Waals surface area contributed by atoms with Crippen LogP contribution in [0.25, 0.3) is 4.98 Å². The number of hydrogen-bond donors (Lipinski definition) is 1. The van der Waals surface area contributed by atoms with Crippen molar-refractivity contribution in [1.82, 2.24) is 0 Å². The molecule has 0 radical (unpaired) electrons. The lowest BCUT2D eigenvalue weighted by atomic mass is 10.2. The third-order valence-electron chi connectivity index (χ3n) is 1.61. The predicted molar refractivity (Wildman–Crippen MR) is 50.7 cm³/mol. The summed E-state index contributed by atoms with van der Waals surface area (Å²) in [5, 5.41) is 8.70. The maximum Gasteiger partial charge on any atom is 0.408 e. The fourth-order valence-corrected chi connectivity index (χ4v) is 2.09. The van der Waals surface area contributed by atoms with Crippen LogP contribution in [0.3, 0.4) is 0 Å². The first kappa shape index (κ1) is 14.1. The van der Waals surface area contributed by atoms with E-state index in [1.807, 2.05) is 0 Å². The Hall–Kier alpha value is -0.870. The van der Waals surface area contributed by atoms with E-state index >= 15 is 0 Å².